The average Bonchev–Trinajstić information content (AvgIpc) is 3.24. The lowest BCUT2D eigenvalue weighted by Crippen LogP contribution is -2.27. The molecule has 0 bridgehead atoms. The van der Waals surface area contributed by atoms with E-state index in [1.165, 1.54) is 0 Å². The van der Waals surface area contributed by atoms with Gasteiger partial charge in [-0.3, -0.25) is 4.79 Å². The molecule has 1 aromatic carbocycles. The van der Waals surface area contributed by atoms with Gasteiger partial charge in [-0.05, 0) is 29.8 Å². The van der Waals surface area contributed by atoms with Gasteiger partial charge in [-0.1, -0.05) is 0 Å². The first kappa shape index (κ1) is 16.6. The molecule has 128 valence electrons. The molecular weight excluding hydrogens is 330 g/mol. The minimum atomic E-state index is -0.128. The maximum Gasteiger partial charge on any atom is 0.234 e. The fraction of sp³-hybridized carbons (Fsp3) is 0.353. The number of benzene rings is 1. The van der Waals surface area contributed by atoms with Crippen molar-refractivity contribution in [3.8, 4) is 17.2 Å². The highest BCUT2D eigenvalue weighted by Gasteiger charge is 2.34. The highest BCUT2D eigenvalue weighted by Crippen LogP contribution is 2.46. The lowest BCUT2D eigenvalue weighted by atomic mass is 10.1. The summed E-state index contributed by atoms with van der Waals surface area (Å²) in [5, 5.41) is -0.128. The van der Waals surface area contributed by atoms with Gasteiger partial charge in [0.15, 0.2) is 11.5 Å². The summed E-state index contributed by atoms with van der Waals surface area (Å²) in [5.74, 6) is 2.95. The van der Waals surface area contributed by atoms with Crippen LogP contribution in [0.1, 0.15) is 16.7 Å². The second-order valence-electron chi connectivity index (χ2n) is 5.22. The number of thioether (sulfide) groups is 1. The molecule has 1 saturated heterocycles. The zero-order valence-electron chi connectivity index (χ0n) is 13.8. The van der Waals surface area contributed by atoms with Crippen LogP contribution >= 0.6 is 11.8 Å². The van der Waals surface area contributed by atoms with E-state index in [9.17, 15) is 4.79 Å². The fourth-order valence-corrected chi connectivity index (χ4v) is 3.88. The van der Waals surface area contributed by atoms with Crippen LogP contribution in [0.3, 0.4) is 0 Å². The van der Waals surface area contributed by atoms with Crippen molar-refractivity contribution >= 4 is 17.7 Å². The molecule has 1 atom stereocenters. The number of hydrogen-bond acceptors (Lipinski definition) is 6. The van der Waals surface area contributed by atoms with Gasteiger partial charge in [-0.15, -0.1) is 11.8 Å². The maximum absolute atomic E-state index is 12.3. The molecule has 1 aromatic heterocycles. The summed E-state index contributed by atoms with van der Waals surface area (Å²) in [7, 11) is 4.72. The van der Waals surface area contributed by atoms with Crippen molar-refractivity contribution in [2.24, 2.45) is 0 Å². The first-order valence-corrected chi connectivity index (χ1v) is 8.46. The van der Waals surface area contributed by atoms with Gasteiger partial charge in [0.1, 0.15) is 11.1 Å². The second-order valence-corrected chi connectivity index (χ2v) is 6.29. The van der Waals surface area contributed by atoms with Gasteiger partial charge >= 0.3 is 0 Å². The Morgan fingerprint density at radius 2 is 1.92 bits per heavy atom. The third-order valence-electron chi connectivity index (χ3n) is 3.85. The van der Waals surface area contributed by atoms with Gasteiger partial charge in [0.05, 0.1) is 39.9 Å². The molecule has 0 aliphatic carbocycles. The summed E-state index contributed by atoms with van der Waals surface area (Å²) >= 11 is 1.57. The predicted octanol–water partition coefficient (Wildman–Crippen LogP) is 3.08. The lowest BCUT2D eigenvalue weighted by molar-refractivity contribution is -0.128. The Morgan fingerprint density at radius 1 is 1.21 bits per heavy atom. The van der Waals surface area contributed by atoms with Crippen LogP contribution in [0.25, 0.3) is 0 Å². The smallest absolute Gasteiger partial charge is 0.234 e. The molecule has 2 heterocycles. The molecule has 24 heavy (non-hydrogen) atoms. The Kier molecular flexibility index (Phi) is 4.89. The van der Waals surface area contributed by atoms with Crippen LogP contribution in [0.4, 0.5) is 0 Å². The molecule has 1 fully saturated rings. The van der Waals surface area contributed by atoms with E-state index in [2.05, 4.69) is 0 Å². The number of carbonyl (C=O) groups excluding carboxylic acids is 1. The van der Waals surface area contributed by atoms with E-state index in [0.29, 0.717) is 29.5 Å². The predicted molar refractivity (Wildman–Crippen MR) is 90.6 cm³/mol. The number of ether oxygens (including phenoxy) is 3. The number of furan rings is 1. The third kappa shape index (κ3) is 3.03. The van der Waals surface area contributed by atoms with Gasteiger partial charge in [0.2, 0.25) is 11.7 Å². The average molecular weight is 349 g/mol. The van der Waals surface area contributed by atoms with Gasteiger partial charge < -0.3 is 23.5 Å². The van der Waals surface area contributed by atoms with Crippen molar-refractivity contribution in [2.75, 3.05) is 27.1 Å². The first-order valence-electron chi connectivity index (χ1n) is 7.41. The zero-order valence-corrected chi connectivity index (χ0v) is 14.6. The van der Waals surface area contributed by atoms with Crippen molar-refractivity contribution < 1.29 is 23.4 Å². The summed E-state index contributed by atoms with van der Waals surface area (Å²) < 4.78 is 21.6. The van der Waals surface area contributed by atoms with Crippen LogP contribution in [0.2, 0.25) is 0 Å². The van der Waals surface area contributed by atoms with Crippen LogP contribution in [0.5, 0.6) is 17.2 Å². The van der Waals surface area contributed by atoms with Crippen LogP contribution in [0, 0.1) is 0 Å². The summed E-state index contributed by atoms with van der Waals surface area (Å²) in [6.07, 6.45) is 1.61. The van der Waals surface area contributed by atoms with E-state index < -0.39 is 0 Å². The van der Waals surface area contributed by atoms with E-state index in [-0.39, 0.29) is 11.3 Å². The molecule has 1 aliphatic heterocycles. The standard InChI is InChI=1S/C17H19NO5S/c1-20-13-7-11(8-14(21-2)16(13)22-3)17-18(15(19)10-24-17)9-12-5-4-6-23-12/h4-8,17H,9-10H2,1-3H3/t17-/m0/s1. The molecule has 6 nitrogen and oxygen atoms in total. The maximum atomic E-state index is 12.3. The van der Waals surface area contributed by atoms with Crippen LogP contribution in [0.15, 0.2) is 34.9 Å². The Labute approximate surface area is 144 Å². The molecule has 0 unspecified atom stereocenters. The molecule has 0 saturated carbocycles. The molecule has 3 rings (SSSR count). The molecule has 0 N–H and O–H groups in total. The number of nitrogens with zero attached hydrogens (tertiary/aromatic N) is 1. The Balaban J connectivity index is 1.95. The van der Waals surface area contributed by atoms with E-state index in [0.717, 1.165) is 11.3 Å². The summed E-state index contributed by atoms with van der Waals surface area (Å²) in [4.78, 5) is 14.1. The minimum absolute atomic E-state index is 0.0788. The normalized spacial score (nSPS) is 17.2. The molecule has 1 amide bonds. The highest BCUT2D eigenvalue weighted by atomic mass is 32.2. The summed E-state index contributed by atoms with van der Waals surface area (Å²) in [6.45, 7) is 0.431. The third-order valence-corrected chi connectivity index (χ3v) is 5.10. The monoisotopic (exact) mass is 349 g/mol. The molecule has 0 radical (unpaired) electrons. The largest absolute Gasteiger partial charge is 0.493 e. The van der Waals surface area contributed by atoms with Crippen LogP contribution < -0.4 is 14.2 Å². The van der Waals surface area contributed by atoms with Gasteiger partial charge in [0, 0.05) is 0 Å². The topological polar surface area (TPSA) is 61.1 Å². The van der Waals surface area contributed by atoms with Crippen molar-refractivity contribution in [1.82, 2.24) is 4.90 Å². The van der Waals surface area contributed by atoms with Crippen molar-refractivity contribution in [3.05, 3.63) is 41.9 Å². The number of rotatable bonds is 6. The molecule has 7 heteroatoms. The Hall–Kier alpha value is -2.28. The minimum Gasteiger partial charge on any atom is -0.493 e. The Morgan fingerprint density at radius 3 is 2.46 bits per heavy atom. The summed E-state index contributed by atoms with van der Waals surface area (Å²) in [6, 6.07) is 7.44. The van der Waals surface area contributed by atoms with E-state index in [1.54, 1.807) is 44.3 Å². The second kappa shape index (κ2) is 7.09. The van der Waals surface area contributed by atoms with Crippen molar-refractivity contribution in [1.29, 1.82) is 0 Å². The lowest BCUT2D eigenvalue weighted by Gasteiger charge is -2.24. The van der Waals surface area contributed by atoms with Crippen LogP contribution in [-0.2, 0) is 11.3 Å². The SMILES string of the molecule is COc1cc([C@@H]2SCC(=O)N2Cc2ccco2)cc(OC)c1OC. The number of amides is 1. The molecule has 0 spiro atoms. The number of methoxy groups -OCH3 is 3. The number of carbonyl (C=O) groups is 1. The zero-order chi connectivity index (χ0) is 17.1. The van der Waals surface area contributed by atoms with Gasteiger partial charge in [0.25, 0.3) is 0 Å². The molecular formula is C17H19NO5S. The van der Waals surface area contributed by atoms with E-state index in [4.69, 9.17) is 18.6 Å². The Bertz CT molecular complexity index is 691. The van der Waals surface area contributed by atoms with Crippen molar-refractivity contribution in [2.45, 2.75) is 11.9 Å². The fourth-order valence-electron chi connectivity index (χ4n) is 2.72. The first-order chi connectivity index (χ1) is 11.7. The summed E-state index contributed by atoms with van der Waals surface area (Å²) in [5.41, 5.74) is 0.923. The van der Waals surface area contributed by atoms with Gasteiger partial charge in [-0.25, -0.2) is 0 Å². The molecule has 2 aromatic rings. The quantitative estimate of drug-likeness (QED) is 0.799. The van der Waals surface area contributed by atoms with E-state index in [1.807, 2.05) is 24.3 Å². The van der Waals surface area contributed by atoms with Crippen molar-refractivity contribution in [3.63, 3.8) is 0 Å². The van der Waals surface area contributed by atoms with Crippen LogP contribution in [-0.4, -0.2) is 37.9 Å². The highest BCUT2D eigenvalue weighted by molar-refractivity contribution is 8.00. The van der Waals surface area contributed by atoms with Gasteiger partial charge in [-0.2, -0.15) is 0 Å². The van der Waals surface area contributed by atoms with E-state index >= 15 is 0 Å². The number of hydrogen-bond donors (Lipinski definition) is 0. The molecule has 1 aliphatic rings.